The van der Waals surface area contributed by atoms with Crippen LogP contribution >= 0.6 is 24.0 Å². The molecule has 1 saturated carbocycles. The number of aromatic nitrogens is 3. The summed E-state index contributed by atoms with van der Waals surface area (Å²) in [5.74, 6) is 1.59. The lowest BCUT2D eigenvalue weighted by atomic mass is 9.69. The Hall–Kier alpha value is -1.71. The van der Waals surface area contributed by atoms with Gasteiger partial charge < -0.3 is 15.2 Å². The predicted molar refractivity (Wildman–Crippen MR) is 125 cm³/mol. The lowest BCUT2D eigenvalue weighted by molar-refractivity contribution is 0.290. The lowest BCUT2D eigenvalue weighted by Gasteiger charge is -2.38. The fourth-order valence-corrected chi connectivity index (χ4v) is 4.12. The first-order valence-electron chi connectivity index (χ1n) is 10.2. The van der Waals surface area contributed by atoms with Crippen molar-refractivity contribution in [3.63, 3.8) is 0 Å². The molecule has 29 heavy (non-hydrogen) atoms. The number of aryl methyl sites for hydroxylation is 1. The maximum atomic E-state index is 13.9. The van der Waals surface area contributed by atoms with Crippen LogP contribution in [0.15, 0.2) is 35.6 Å². The van der Waals surface area contributed by atoms with Crippen LogP contribution in [0.3, 0.4) is 0 Å². The number of nitrogens with zero attached hydrogens (tertiary/aromatic N) is 4. The highest BCUT2D eigenvalue weighted by Gasteiger charge is 2.34. The van der Waals surface area contributed by atoms with Crippen LogP contribution < -0.4 is 10.6 Å². The number of nitrogens with one attached hydrogen (secondary N) is 2. The van der Waals surface area contributed by atoms with Crippen molar-refractivity contribution in [3.8, 4) is 0 Å². The molecule has 1 aromatic carbocycles. The van der Waals surface area contributed by atoms with Gasteiger partial charge in [0.2, 0.25) is 0 Å². The van der Waals surface area contributed by atoms with Crippen LogP contribution in [-0.2, 0) is 18.4 Å². The van der Waals surface area contributed by atoms with Crippen molar-refractivity contribution in [2.75, 3.05) is 20.1 Å². The van der Waals surface area contributed by atoms with E-state index in [9.17, 15) is 4.39 Å². The molecule has 2 aromatic rings. The van der Waals surface area contributed by atoms with Crippen molar-refractivity contribution >= 4 is 29.9 Å². The van der Waals surface area contributed by atoms with Crippen LogP contribution in [0.5, 0.6) is 0 Å². The van der Waals surface area contributed by atoms with Gasteiger partial charge in [-0.1, -0.05) is 38.3 Å². The average molecular weight is 514 g/mol. The van der Waals surface area contributed by atoms with E-state index in [4.69, 9.17) is 0 Å². The maximum absolute atomic E-state index is 13.9. The van der Waals surface area contributed by atoms with E-state index < -0.39 is 0 Å². The van der Waals surface area contributed by atoms with Crippen LogP contribution in [0, 0.1) is 5.82 Å². The largest absolute Gasteiger partial charge is 0.356 e. The standard InChI is InChI=1S/C21H31FN6.HI/c1-3-19-27-26-16-28(19)13-12-24-20(23-2)25-15-21(10-5-4-6-11-21)17-8-7-9-18(22)14-17;/h7-9,14,16H,3-6,10-13,15H2,1-2H3,(H2,23,24,25);1H. The molecule has 1 heterocycles. The minimum absolute atomic E-state index is 0. The zero-order valence-electron chi connectivity index (χ0n) is 17.3. The van der Waals surface area contributed by atoms with Crippen molar-refractivity contribution in [1.82, 2.24) is 25.4 Å². The second kappa shape index (κ2) is 11.5. The monoisotopic (exact) mass is 514 g/mol. The first kappa shape index (κ1) is 23.6. The third-order valence-electron chi connectivity index (χ3n) is 5.72. The molecule has 0 aliphatic heterocycles. The number of guanidine groups is 1. The fourth-order valence-electron chi connectivity index (χ4n) is 4.12. The zero-order chi connectivity index (χ0) is 19.8. The molecule has 1 fully saturated rings. The van der Waals surface area contributed by atoms with Gasteiger partial charge in [0.05, 0.1) is 0 Å². The average Bonchev–Trinajstić information content (AvgIpc) is 3.18. The van der Waals surface area contributed by atoms with Gasteiger partial charge in [0.1, 0.15) is 18.0 Å². The lowest BCUT2D eigenvalue weighted by Crippen LogP contribution is -2.47. The Balaban J connectivity index is 0.00000300. The van der Waals surface area contributed by atoms with Gasteiger partial charge in [-0.2, -0.15) is 0 Å². The highest BCUT2D eigenvalue weighted by atomic mass is 127. The Kier molecular flexibility index (Phi) is 9.32. The zero-order valence-corrected chi connectivity index (χ0v) is 19.7. The van der Waals surface area contributed by atoms with Gasteiger partial charge in [-0.25, -0.2) is 4.39 Å². The smallest absolute Gasteiger partial charge is 0.191 e. The molecule has 2 N–H and O–H groups in total. The number of hydrogen-bond acceptors (Lipinski definition) is 3. The topological polar surface area (TPSA) is 67.1 Å². The van der Waals surface area contributed by atoms with Gasteiger partial charge in [-0.05, 0) is 30.5 Å². The third kappa shape index (κ3) is 6.13. The van der Waals surface area contributed by atoms with Crippen molar-refractivity contribution in [3.05, 3.63) is 47.8 Å². The van der Waals surface area contributed by atoms with E-state index in [1.165, 1.54) is 25.3 Å². The molecule has 0 amide bonds. The molecular formula is C21H32FIN6. The van der Waals surface area contributed by atoms with Crippen molar-refractivity contribution < 1.29 is 4.39 Å². The van der Waals surface area contributed by atoms with Gasteiger partial charge >= 0.3 is 0 Å². The minimum Gasteiger partial charge on any atom is -0.356 e. The quantitative estimate of drug-likeness (QED) is 0.336. The number of halogens is 2. The first-order chi connectivity index (χ1) is 13.7. The molecule has 1 aromatic heterocycles. The minimum atomic E-state index is -0.161. The van der Waals surface area contributed by atoms with E-state index in [1.807, 2.05) is 6.07 Å². The molecule has 1 aliphatic rings. The van der Waals surface area contributed by atoms with Crippen LogP contribution in [-0.4, -0.2) is 40.9 Å². The maximum Gasteiger partial charge on any atom is 0.191 e. The van der Waals surface area contributed by atoms with Crippen LogP contribution in [0.4, 0.5) is 4.39 Å². The number of rotatable bonds is 7. The molecule has 6 nitrogen and oxygen atoms in total. The number of benzene rings is 1. The normalized spacial score (nSPS) is 16.2. The van der Waals surface area contributed by atoms with E-state index in [0.717, 1.165) is 56.2 Å². The van der Waals surface area contributed by atoms with Crippen molar-refractivity contribution in [2.45, 2.75) is 57.4 Å². The molecule has 1 aliphatic carbocycles. The van der Waals surface area contributed by atoms with Gasteiger partial charge in [0.25, 0.3) is 0 Å². The first-order valence-corrected chi connectivity index (χ1v) is 10.2. The Morgan fingerprint density at radius 2 is 2.03 bits per heavy atom. The molecule has 0 bridgehead atoms. The predicted octanol–water partition coefficient (Wildman–Crippen LogP) is 3.66. The fraction of sp³-hybridized carbons (Fsp3) is 0.571. The van der Waals surface area contributed by atoms with Crippen LogP contribution in [0.1, 0.15) is 50.4 Å². The molecular weight excluding hydrogens is 482 g/mol. The highest BCUT2D eigenvalue weighted by Crippen LogP contribution is 2.39. The Morgan fingerprint density at radius 3 is 2.72 bits per heavy atom. The second-order valence-corrected chi connectivity index (χ2v) is 7.50. The molecule has 0 unspecified atom stereocenters. The van der Waals surface area contributed by atoms with Gasteiger partial charge in [-0.3, -0.25) is 4.99 Å². The van der Waals surface area contributed by atoms with Crippen LogP contribution in [0.2, 0.25) is 0 Å². The van der Waals surface area contributed by atoms with E-state index in [1.54, 1.807) is 19.4 Å². The van der Waals surface area contributed by atoms with E-state index in [2.05, 4.69) is 43.4 Å². The van der Waals surface area contributed by atoms with Crippen LogP contribution in [0.25, 0.3) is 0 Å². The molecule has 0 atom stereocenters. The summed E-state index contributed by atoms with van der Waals surface area (Å²) in [4.78, 5) is 4.36. The highest BCUT2D eigenvalue weighted by molar-refractivity contribution is 14.0. The van der Waals surface area contributed by atoms with Crippen molar-refractivity contribution in [1.29, 1.82) is 0 Å². The number of hydrogen-bond donors (Lipinski definition) is 2. The second-order valence-electron chi connectivity index (χ2n) is 7.50. The Morgan fingerprint density at radius 1 is 1.24 bits per heavy atom. The summed E-state index contributed by atoms with van der Waals surface area (Å²) in [6.45, 7) is 4.34. The molecule has 0 spiro atoms. The van der Waals surface area contributed by atoms with E-state index >= 15 is 0 Å². The third-order valence-corrected chi connectivity index (χ3v) is 5.72. The van der Waals surface area contributed by atoms with Gasteiger partial charge in [0, 0.05) is 38.5 Å². The van der Waals surface area contributed by atoms with E-state index in [-0.39, 0.29) is 35.2 Å². The van der Waals surface area contributed by atoms with Gasteiger partial charge in [0.15, 0.2) is 5.96 Å². The summed E-state index contributed by atoms with van der Waals surface area (Å²) in [6, 6.07) is 7.09. The molecule has 8 heteroatoms. The molecule has 3 rings (SSSR count). The van der Waals surface area contributed by atoms with E-state index in [0.29, 0.717) is 0 Å². The SMILES string of the molecule is CCc1nncn1CCNC(=NC)NCC1(c2cccc(F)c2)CCCCC1.I. The van der Waals surface area contributed by atoms with Gasteiger partial charge in [-0.15, -0.1) is 34.2 Å². The van der Waals surface area contributed by atoms with Crippen molar-refractivity contribution in [2.24, 2.45) is 4.99 Å². The number of aliphatic imine (C=N–C) groups is 1. The molecule has 0 saturated heterocycles. The summed E-state index contributed by atoms with van der Waals surface area (Å²) < 4.78 is 15.9. The Labute approximate surface area is 189 Å². The summed E-state index contributed by atoms with van der Waals surface area (Å²) >= 11 is 0. The Bertz CT molecular complexity index is 785. The summed E-state index contributed by atoms with van der Waals surface area (Å²) in [5.41, 5.74) is 1.05. The summed E-state index contributed by atoms with van der Waals surface area (Å²) in [6.07, 6.45) is 8.38. The summed E-state index contributed by atoms with van der Waals surface area (Å²) in [5, 5.41) is 14.9. The summed E-state index contributed by atoms with van der Waals surface area (Å²) in [7, 11) is 1.78. The molecule has 0 radical (unpaired) electrons. The molecule has 160 valence electrons.